The summed E-state index contributed by atoms with van der Waals surface area (Å²) >= 11 is 11.9. The van der Waals surface area contributed by atoms with E-state index in [0.717, 1.165) is 18.5 Å². The van der Waals surface area contributed by atoms with Crippen molar-refractivity contribution in [3.05, 3.63) is 28.2 Å². The van der Waals surface area contributed by atoms with Gasteiger partial charge in [0.05, 0.1) is 15.8 Å². The highest BCUT2D eigenvalue weighted by atomic mass is 35.5. The molecule has 0 aliphatic carbocycles. The average molecular weight is 351 g/mol. The molecule has 1 aromatic carbocycles. The van der Waals surface area contributed by atoms with Crippen LogP contribution < -0.4 is 4.90 Å². The van der Waals surface area contributed by atoms with Crippen LogP contribution in [-0.4, -0.2) is 44.7 Å². The van der Waals surface area contributed by atoms with Gasteiger partial charge in [0.2, 0.25) is 10.0 Å². The molecule has 0 spiro atoms. The molecule has 2 rings (SSSR count). The van der Waals surface area contributed by atoms with Crippen molar-refractivity contribution in [2.75, 3.05) is 36.8 Å². The molecule has 7 heteroatoms. The maximum Gasteiger partial charge on any atom is 0.214 e. The fourth-order valence-electron chi connectivity index (χ4n) is 2.36. The van der Waals surface area contributed by atoms with Crippen LogP contribution in [0.2, 0.25) is 10.0 Å². The molecule has 0 atom stereocenters. The highest BCUT2D eigenvalue weighted by Gasteiger charge is 2.26. The summed E-state index contributed by atoms with van der Waals surface area (Å²) in [5.41, 5.74) is 0.981. The Morgan fingerprint density at radius 3 is 2.33 bits per heavy atom. The van der Waals surface area contributed by atoms with E-state index in [4.69, 9.17) is 23.2 Å². The van der Waals surface area contributed by atoms with E-state index in [0.29, 0.717) is 36.2 Å². The number of sulfonamides is 1. The van der Waals surface area contributed by atoms with Crippen molar-refractivity contribution in [1.82, 2.24) is 4.31 Å². The highest BCUT2D eigenvalue weighted by Crippen LogP contribution is 2.28. The molecular weight excluding hydrogens is 331 g/mol. The molecule has 21 heavy (non-hydrogen) atoms. The number of anilines is 1. The van der Waals surface area contributed by atoms with E-state index in [2.05, 4.69) is 4.90 Å². The number of nitrogens with zero attached hydrogens (tertiary/aromatic N) is 2. The molecule has 1 saturated heterocycles. The molecule has 1 fully saturated rings. The zero-order valence-corrected chi connectivity index (χ0v) is 14.4. The average Bonchev–Trinajstić information content (AvgIpc) is 2.48. The highest BCUT2D eigenvalue weighted by molar-refractivity contribution is 7.89. The molecule has 0 radical (unpaired) electrons. The van der Waals surface area contributed by atoms with Crippen molar-refractivity contribution >= 4 is 38.9 Å². The number of hydrogen-bond acceptors (Lipinski definition) is 3. The Kier molecular flexibility index (Phi) is 5.77. The zero-order chi connectivity index (χ0) is 15.5. The van der Waals surface area contributed by atoms with Gasteiger partial charge in [0.25, 0.3) is 0 Å². The van der Waals surface area contributed by atoms with Gasteiger partial charge in [0.15, 0.2) is 0 Å². The van der Waals surface area contributed by atoms with Gasteiger partial charge in [-0.3, -0.25) is 0 Å². The van der Waals surface area contributed by atoms with Crippen molar-refractivity contribution < 1.29 is 8.42 Å². The lowest BCUT2D eigenvalue weighted by molar-refractivity contribution is 0.384. The van der Waals surface area contributed by atoms with E-state index < -0.39 is 10.0 Å². The lowest BCUT2D eigenvalue weighted by Gasteiger charge is -2.35. The van der Waals surface area contributed by atoms with Gasteiger partial charge < -0.3 is 4.90 Å². The minimum Gasteiger partial charge on any atom is -0.369 e. The van der Waals surface area contributed by atoms with Crippen LogP contribution in [0.15, 0.2) is 18.2 Å². The molecule has 1 aliphatic rings. The lowest BCUT2D eigenvalue weighted by atomic mass is 10.2. The summed E-state index contributed by atoms with van der Waals surface area (Å²) in [6.07, 6.45) is 1.61. The molecule has 0 N–H and O–H groups in total. The summed E-state index contributed by atoms with van der Waals surface area (Å²) in [5, 5.41) is 1.05. The molecule has 0 saturated carbocycles. The lowest BCUT2D eigenvalue weighted by Crippen LogP contribution is -2.49. The molecule has 0 unspecified atom stereocenters. The molecule has 4 nitrogen and oxygen atoms in total. The molecule has 0 amide bonds. The Bertz CT molecular complexity index is 585. The van der Waals surface area contributed by atoms with Crippen LogP contribution in [0, 0.1) is 0 Å². The quantitative estimate of drug-likeness (QED) is 0.818. The predicted molar refractivity (Wildman–Crippen MR) is 88.9 cm³/mol. The number of rotatable bonds is 5. The number of hydrogen-bond donors (Lipinski definition) is 0. The number of halogens is 2. The van der Waals surface area contributed by atoms with Crippen molar-refractivity contribution in [3.8, 4) is 0 Å². The van der Waals surface area contributed by atoms with Gasteiger partial charge in [-0.25, -0.2) is 8.42 Å². The summed E-state index contributed by atoms with van der Waals surface area (Å²) in [4.78, 5) is 2.13. The van der Waals surface area contributed by atoms with Crippen LogP contribution in [0.1, 0.15) is 19.8 Å². The van der Waals surface area contributed by atoms with E-state index in [1.54, 1.807) is 10.4 Å². The molecular formula is C14H20Cl2N2O2S. The van der Waals surface area contributed by atoms with Crippen molar-refractivity contribution in [1.29, 1.82) is 0 Å². The van der Waals surface area contributed by atoms with Crippen LogP contribution in [0.3, 0.4) is 0 Å². The summed E-state index contributed by atoms with van der Waals surface area (Å²) in [5.74, 6) is 0.246. The van der Waals surface area contributed by atoms with Crippen LogP contribution >= 0.6 is 23.2 Å². The third kappa shape index (κ3) is 4.25. The van der Waals surface area contributed by atoms with Crippen LogP contribution in [0.5, 0.6) is 0 Å². The van der Waals surface area contributed by atoms with Crippen molar-refractivity contribution in [3.63, 3.8) is 0 Å². The minimum atomic E-state index is -3.11. The SMILES string of the molecule is CCCCS(=O)(=O)N1CCN(c2ccc(Cl)c(Cl)c2)CC1. The Balaban J connectivity index is 1.98. The van der Waals surface area contributed by atoms with Crippen LogP contribution in [0.25, 0.3) is 0 Å². The molecule has 0 bridgehead atoms. The Labute approximate surface area is 136 Å². The smallest absolute Gasteiger partial charge is 0.214 e. The number of piperazine rings is 1. The maximum absolute atomic E-state index is 12.2. The second kappa shape index (κ2) is 7.18. The first kappa shape index (κ1) is 16.9. The zero-order valence-electron chi connectivity index (χ0n) is 12.1. The van der Waals surface area contributed by atoms with Crippen molar-refractivity contribution in [2.45, 2.75) is 19.8 Å². The first-order chi connectivity index (χ1) is 9.94. The van der Waals surface area contributed by atoms with Gasteiger partial charge in [-0.1, -0.05) is 36.5 Å². The molecule has 1 aromatic rings. The second-order valence-corrected chi connectivity index (χ2v) is 8.06. The first-order valence-electron chi connectivity index (χ1n) is 7.12. The monoisotopic (exact) mass is 350 g/mol. The van der Waals surface area contributed by atoms with Crippen LogP contribution in [0.4, 0.5) is 5.69 Å². The topological polar surface area (TPSA) is 40.6 Å². The Morgan fingerprint density at radius 2 is 1.76 bits per heavy atom. The second-order valence-electron chi connectivity index (χ2n) is 5.15. The maximum atomic E-state index is 12.2. The van der Waals surface area contributed by atoms with E-state index in [1.807, 2.05) is 19.1 Å². The fraction of sp³-hybridized carbons (Fsp3) is 0.571. The van der Waals surface area contributed by atoms with Gasteiger partial charge in [-0.05, 0) is 24.6 Å². The molecule has 1 aliphatic heterocycles. The Hall–Kier alpha value is -0.490. The minimum absolute atomic E-state index is 0.246. The van der Waals surface area contributed by atoms with E-state index >= 15 is 0 Å². The van der Waals surface area contributed by atoms with Gasteiger partial charge >= 0.3 is 0 Å². The third-order valence-corrected chi connectivity index (χ3v) is 6.35. The normalized spacial score (nSPS) is 17.2. The van der Waals surface area contributed by atoms with E-state index in [-0.39, 0.29) is 5.75 Å². The predicted octanol–water partition coefficient (Wildman–Crippen LogP) is 3.25. The molecule has 118 valence electrons. The standard InChI is InChI=1S/C14H20Cl2N2O2S/c1-2-3-10-21(19,20)18-8-6-17(7-9-18)12-4-5-13(15)14(16)11-12/h4-5,11H,2-3,6-10H2,1H3. The third-order valence-electron chi connectivity index (χ3n) is 3.66. The van der Waals surface area contributed by atoms with Gasteiger partial charge in [-0.15, -0.1) is 0 Å². The molecule has 0 aromatic heterocycles. The van der Waals surface area contributed by atoms with E-state index in [1.165, 1.54) is 0 Å². The van der Waals surface area contributed by atoms with Gasteiger partial charge in [0.1, 0.15) is 0 Å². The summed E-state index contributed by atoms with van der Waals surface area (Å²) < 4.78 is 25.9. The van der Waals surface area contributed by atoms with Gasteiger partial charge in [-0.2, -0.15) is 4.31 Å². The largest absolute Gasteiger partial charge is 0.369 e. The van der Waals surface area contributed by atoms with Gasteiger partial charge in [0, 0.05) is 31.9 Å². The summed E-state index contributed by atoms with van der Waals surface area (Å²) in [6, 6.07) is 5.50. The van der Waals surface area contributed by atoms with Crippen molar-refractivity contribution in [2.24, 2.45) is 0 Å². The number of unbranched alkanes of at least 4 members (excludes halogenated alkanes) is 1. The van der Waals surface area contributed by atoms with E-state index in [9.17, 15) is 8.42 Å². The fourth-order valence-corrected chi connectivity index (χ4v) is 4.29. The first-order valence-corrected chi connectivity index (χ1v) is 9.48. The van der Waals surface area contributed by atoms with Crippen LogP contribution in [-0.2, 0) is 10.0 Å². The number of benzene rings is 1. The molecule has 1 heterocycles. The summed E-state index contributed by atoms with van der Waals surface area (Å²) in [6.45, 7) is 4.38. The Morgan fingerprint density at radius 1 is 1.10 bits per heavy atom. The summed E-state index contributed by atoms with van der Waals surface area (Å²) in [7, 11) is -3.11.